The molecule has 6 heterocycles. The van der Waals surface area contributed by atoms with Crippen LogP contribution in [-0.2, 0) is 4.79 Å². The lowest BCUT2D eigenvalue weighted by Gasteiger charge is -2.33. The summed E-state index contributed by atoms with van der Waals surface area (Å²) in [5.74, 6) is 0.364. The minimum atomic E-state index is -1.07. The number of carbonyl (C=O) groups is 1. The molecule has 0 spiro atoms. The minimum absolute atomic E-state index is 0.0281. The highest BCUT2D eigenvalue weighted by Crippen LogP contribution is 2.31. The summed E-state index contributed by atoms with van der Waals surface area (Å²) in [6, 6.07) is 6.99. The molecule has 0 radical (unpaired) electrons. The first-order valence-electron chi connectivity index (χ1n) is 12.2. The summed E-state index contributed by atoms with van der Waals surface area (Å²) in [4.78, 5) is 26.5. The van der Waals surface area contributed by atoms with Gasteiger partial charge >= 0.3 is 0 Å². The number of nitrogens with one attached hydrogen (secondary N) is 1. The van der Waals surface area contributed by atoms with Crippen LogP contribution in [0.3, 0.4) is 0 Å². The van der Waals surface area contributed by atoms with Crippen molar-refractivity contribution >= 4 is 22.8 Å². The van der Waals surface area contributed by atoms with Crippen molar-refractivity contribution in [2.24, 2.45) is 0 Å². The molecule has 1 unspecified atom stereocenters. The number of likely N-dealkylation sites (tertiary alicyclic amines) is 1. The molecule has 13 heteroatoms. The number of halogens is 1. The van der Waals surface area contributed by atoms with E-state index >= 15 is 0 Å². The van der Waals surface area contributed by atoms with Crippen molar-refractivity contribution < 1.29 is 23.8 Å². The van der Waals surface area contributed by atoms with Gasteiger partial charge in [0.05, 0.1) is 42.9 Å². The summed E-state index contributed by atoms with van der Waals surface area (Å²) in [5, 5.41) is 22.2. The number of aromatic nitrogens is 6. The van der Waals surface area contributed by atoms with Crippen molar-refractivity contribution in [1.82, 2.24) is 34.8 Å². The monoisotopic (exact) mass is 520 g/mol. The van der Waals surface area contributed by atoms with Gasteiger partial charge in [-0.15, -0.1) is 5.10 Å². The Morgan fingerprint density at radius 1 is 1.21 bits per heavy atom. The average molecular weight is 521 g/mol. The van der Waals surface area contributed by atoms with Crippen molar-refractivity contribution in [1.29, 1.82) is 0 Å². The first-order valence-corrected chi connectivity index (χ1v) is 12.2. The summed E-state index contributed by atoms with van der Waals surface area (Å²) < 4.78 is 27.1. The zero-order valence-corrected chi connectivity index (χ0v) is 20.5. The Morgan fingerprint density at radius 2 is 2.05 bits per heavy atom. The summed E-state index contributed by atoms with van der Waals surface area (Å²) in [6.07, 6.45) is 3.44. The fourth-order valence-electron chi connectivity index (χ4n) is 4.86. The summed E-state index contributed by atoms with van der Waals surface area (Å²) in [7, 11) is 1.48. The SMILES string of the molecule is COc1ccc2ncc(F)c(C(O)CN3CCC(n4cc(-c5ccc6c(n5)NC(=O)CO6)nn4)CC3)c2n1. The van der Waals surface area contributed by atoms with Crippen LogP contribution in [0.1, 0.15) is 30.6 Å². The molecular formula is C25H25FN8O4. The van der Waals surface area contributed by atoms with E-state index in [0.717, 1.165) is 19.0 Å². The molecule has 2 aliphatic heterocycles. The summed E-state index contributed by atoms with van der Waals surface area (Å²) in [5.41, 5.74) is 2.08. The van der Waals surface area contributed by atoms with E-state index in [2.05, 4.69) is 35.5 Å². The third-order valence-corrected chi connectivity index (χ3v) is 6.83. The number of rotatable bonds is 6. The molecule has 1 atom stereocenters. The second-order valence-corrected chi connectivity index (χ2v) is 9.25. The Bertz CT molecular complexity index is 1500. The molecule has 1 fully saturated rings. The maximum Gasteiger partial charge on any atom is 0.263 e. The largest absolute Gasteiger partial charge is 0.481 e. The first-order chi connectivity index (χ1) is 18.5. The van der Waals surface area contributed by atoms with Crippen LogP contribution in [0.15, 0.2) is 36.7 Å². The summed E-state index contributed by atoms with van der Waals surface area (Å²) >= 11 is 0. The topological polar surface area (TPSA) is 140 Å². The highest BCUT2D eigenvalue weighted by atomic mass is 19.1. The highest BCUT2D eigenvalue weighted by molar-refractivity contribution is 5.94. The van der Waals surface area contributed by atoms with Crippen LogP contribution < -0.4 is 14.8 Å². The molecule has 6 rings (SSSR count). The van der Waals surface area contributed by atoms with E-state index in [0.29, 0.717) is 53.0 Å². The third-order valence-electron chi connectivity index (χ3n) is 6.83. The number of aliphatic hydroxyl groups excluding tert-OH is 1. The highest BCUT2D eigenvalue weighted by Gasteiger charge is 2.27. The number of ether oxygens (including phenoxy) is 2. The van der Waals surface area contributed by atoms with Crippen molar-refractivity contribution in [2.45, 2.75) is 25.0 Å². The molecule has 196 valence electrons. The zero-order chi connectivity index (χ0) is 26.2. The number of hydrogen-bond donors (Lipinski definition) is 2. The van der Waals surface area contributed by atoms with Gasteiger partial charge in [-0.05, 0) is 31.0 Å². The van der Waals surface area contributed by atoms with Gasteiger partial charge in [0.1, 0.15) is 17.0 Å². The van der Waals surface area contributed by atoms with Crippen LogP contribution in [0.4, 0.5) is 10.2 Å². The maximum atomic E-state index is 14.7. The van der Waals surface area contributed by atoms with E-state index in [9.17, 15) is 14.3 Å². The fraction of sp³-hybridized carbons (Fsp3) is 0.360. The van der Waals surface area contributed by atoms with Gasteiger partial charge < -0.3 is 24.8 Å². The van der Waals surface area contributed by atoms with Crippen LogP contribution in [-0.4, -0.2) is 79.2 Å². The zero-order valence-electron chi connectivity index (χ0n) is 20.5. The van der Waals surface area contributed by atoms with Crippen molar-refractivity contribution in [3.63, 3.8) is 0 Å². The normalized spacial score (nSPS) is 17.1. The number of aliphatic hydroxyl groups is 1. The third kappa shape index (κ3) is 4.61. The van der Waals surface area contributed by atoms with Crippen LogP contribution in [0.2, 0.25) is 0 Å². The fourth-order valence-corrected chi connectivity index (χ4v) is 4.86. The molecule has 0 aliphatic carbocycles. The van der Waals surface area contributed by atoms with Gasteiger partial charge in [-0.25, -0.2) is 19.0 Å². The van der Waals surface area contributed by atoms with Gasteiger partial charge in [-0.1, -0.05) is 5.21 Å². The van der Waals surface area contributed by atoms with E-state index in [4.69, 9.17) is 9.47 Å². The Morgan fingerprint density at radius 3 is 2.87 bits per heavy atom. The number of nitrogens with zero attached hydrogens (tertiary/aromatic N) is 7. The molecule has 2 aliphatic rings. The number of amides is 1. The van der Waals surface area contributed by atoms with Crippen LogP contribution in [0, 0.1) is 5.82 Å². The molecule has 0 aromatic carbocycles. The quantitative estimate of drug-likeness (QED) is 0.388. The van der Waals surface area contributed by atoms with Crippen LogP contribution in [0.5, 0.6) is 11.6 Å². The standard InChI is InChI=1S/C25H25FN8O4/c1-37-22-5-3-17-24(30-22)23(15(26)10-27-17)19(35)12-33-8-6-14(7-9-33)34-11-18(31-32-34)16-2-4-20-25(28-16)29-21(36)13-38-20/h2-5,10-11,14,19,35H,6-9,12-13H2,1H3,(H,28,29,36). The lowest BCUT2D eigenvalue weighted by Crippen LogP contribution is -2.37. The van der Waals surface area contributed by atoms with Gasteiger partial charge in [0.2, 0.25) is 5.88 Å². The van der Waals surface area contributed by atoms with Gasteiger partial charge in [-0.2, -0.15) is 0 Å². The number of pyridine rings is 3. The maximum absolute atomic E-state index is 14.7. The van der Waals surface area contributed by atoms with Crippen LogP contribution in [0.25, 0.3) is 22.4 Å². The Balaban J connectivity index is 1.11. The molecule has 0 saturated carbocycles. The van der Waals surface area contributed by atoms with E-state index in [-0.39, 0.29) is 30.7 Å². The molecule has 4 aromatic heterocycles. The van der Waals surface area contributed by atoms with E-state index in [1.54, 1.807) is 24.3 Å². The Kier molecular flexibility index (Phi) is 6.29. The first kappa shape index (κ1) is 24.1. The lowest BCUT2D eigenvalue weighted by molar-refractivity contribution is -0.118. The molecule has 2 N–H and O–H groups in total. The van der Waals surface area contributed by atoms with E-state index in [1.165, 1.54) is 7.11 Å². The molecule has 1 amide bonds. The van der Waals surface area contributed by atoms with Gasteiger partial charge in [0.15, 0.2) is 18.2 Å². The smallest absolute Gasteiger partial charge is 0.263 e. The molecule has 1 saturated heterocycles. The number of methoxy groups -OCH3 is 1. The van der Waals surface area contributed by atoms with Crippen LogP contribution >= 0.6 is 0 Å². The number of carbonyl (C=O) groups excluding carboxylic acids is 1. The van der Waals surface area contributed by atoms with E-state index < -0.39 is 11.9 Å². The van der Waals surface area contributed by atoms with Crippen molar-refractivity contribution in [2.75, 3.05) is 38.7 Å². The number of β-amino-alcohol motifs (C(OH)–C–C–N with tert-alkyl or cyclic N) is 1. The molecular weight excluding hydrogens is 495 g/mol. The second kappa shape index (κ2) is 9.91. The number of piperidine rings is 1. The van der Waals surface area contributed by atoms with Crippen molar-refractivity contribution in [3.8, 4) is 23.0 Å². The number of fused-ring (bicyclic) bond motifs is 2. The number of hydrogen-bond acceptors (Lipinski definition) is 10. The predicted molar refractivity (Wildman–Crippen MR) is 133 cm³/mol. The minimum Gasteiger partial charge on any atom is -0.481 e. The Hall–Kier alpha value is -4.23. The van der Waals surface area contributed by atoms with Gasteiger partial charge in [0.25, 0.3) is 5.91 Å². The average Bonchev–Trinajstić information content (AvgIpc) is 3.43. The lowest BCUT2D eigenvalue weighted by atomic mass is 10.0. The molecule has 4 aromatic rings. The molecule has 38 heavy (non-hydrogen) atoms. The summed E-state index contributed by atoms with van der Waals surface area (Å²) in [6.45, 7) is 1.62. The molecule has 12 nitrogen and oxygen atoms in total. The van der Waals surface area contributed by atoms with E-state index in [1.807, 2.05) is 10.9 Å². The second-order valence-electron chi connectivity index (χ2n) is 9.25. The van der Waals surface area contributed by atoms with Crippen molar-refractivity contribution in [3.05, 3.63) is 48.0 Å². The Labute approximate surface area is 216 Å². The van der Waals surface area contributed by atoms with Gasteiger partial charge in [-0.3, -0.25) is 9.78 Å². The van der Waals surface area contributed by atoms with Gasteiger partial charge in [0, 0.05) is 31.3 Å². The number of anilines is 1. The molecule has 0 bridgehead atoms. The predicted octanol–water partition coefficient (Wildman–Crippen LogP) is 2.13.